The van der Waals surface area contributed by atoms with Gasteiger partial charge >= 0.3 is 0 Å². The van der Waals surface area contributed by atoms with Gasteiger partial charge in [-0.2, -0.15) is 5.10 Å². The molecule has 2 aromatic heterocycles. The first-order chi connectivity index (χ1) is 13.0. The molecule has 0 unspecified atom stereocenters. The Hall–Kier alpha value is -1.69. The van der Waals surface area contributed by atoms with Crippen molar-refractivity contribution in [2.75, 3.05) is 20.3 Å². The van der Waals surface area contributed by atoms with Crippen molar-refractivity contribution in [3.05, 3.63) is 28.6 Å². The molecule has 0 saturated carbocycles. The fraction of sp³-hybridized carbons (Fsp3) is 0.667. The molecule has 2 N–H and O–H groups in total. The second-order valence-corrected chi connectivity index (χ2v) is 6.36. The van der Waals surface area contributed by atoms with E-state index in [9.17, 15) is 0 Å². The Morgan fingerprint density at radius 2 is 1.89 bits per heavy atom. The van der Waals surface area contributed by atoms with Crippen molar-refractivity contribution in [2.45, 2.75) is 46.7 Å². The van der Waals surface area contributed by atoms with Crippen LogP contribution in [-0.4, -0.2) is 50.8 Å². The van der Waals surface area contributed by atoms with Crippen molar-refractivity contribution in [3.63, 3.8) is 0 Å². The Morgan fingerprint density at radius 3 is 2.46 bits per heavy atom. The van der Waals surface area contributed by atoms with Gasteiger partial charge in [0.2, 0.25) is 0 Å². The number of hydrogen-bond acceptors (Lipinski definition) is 5. The number of ether oxygens (including phenoxy) is 1. The van der Waals surface area contributed by atoms with Crippen molar-refractivity contribution in [1.29, 1.82) is 0 Å². The summed E-state index contributed by atoms with van der Waals surface area (Å²) in [7, 11) is 5.64. The minimum atomic E-state index is 0. The molecular weight excluding hydrogens is 471 g/mol. The predicted molar refractivity (Wildman–Crippen MR) is 121 cm³/mol. The maximum atomic E-state index is 5.13. The SMILES string of the molecule is CCc1nn(C)c(CC)c1CN=C(NCCOC)NCc1nnc(C)n1C.I. The van der Waals surface area contributed by atoms with Gasteiger partial charge in [-0.1, -0.05) is 13.8 Å². The van der Waals surface area contributed by atoms with E-state index in [0.717, 1.165) is 36.1 Å². The van der Waals surface area contributed by atoms with Crippen LogP contribution in [0.25, 0.3) is 0 Å². The highest BCUT2D eigenvalue weighted by Crippen LogP contribution is 2.16. The average molecular weight is 504 g/mol. The van der Waals surface area contributed by atoms with Crippen molar-refractivity contribution in [3.8, 4) is 0 Å². The summed E-state index contributed by atoms with van der Waals surface area (Å²) in [5, 5.41) is 19.5. The predicted octanol–water partition coefficient (Wildman–Crippen LogP) is 1.48. The molecule has 0 radical (unpaired) electrons. The maximum absolute atomic E-state index is 5.13. The molecule has 0 fully saturated rings. The molecule has 0 amide bonds. The Bertz CT molecular complexity index is 768. The number of methoxy groups -OCH3 is 1. The molecule has 28 heavy (non-hydrogen) atoms. The van der Waals surface area contributed by atoms with E-state index in [1.54, 1.807) is 7.11 Å². The van der Waals surface area contributed by atoms with Gasteiger partial charge in [0.15, 0.2) is 11.8 Å². The number of nitrogens with zero attached hydrogens (tertiary/aromatic N) is 6. The number of guanidine groups is 1. The van der Waals surface area contributed by atoms with Gasteiger partial charge in [-0.05, 0) is 19.8 Å². The van der Waals surface area contributed by atoms with Gasteiger partial charge in [0.05, 0.1) is 25.4 Å². The summed E-state index contributed by atoms with van der Waals surface area (Å²) in [6.45, 7) is 8.62. The van der Waals surface area contributed by atoms with Crippen LogP contribution >= 0.6 is 24.0 Å². The van der Waals surface area contributed by atoms with E-state index in [1.165, 1.54) is 11.3 Å². The van der Waals surface area contributed by atoms with Crippen LogP contribution in [0.2, 0.25) is 0 Å². The van der Waals surface area contributed by atoms with E-state index in [4.69, 9.17) is 9.73 Å². The highest BCUT2D eigenvalue weighted by Gasteiger charge is 2.13. The summed E-state index contributed by atoms with van der Waals surface area (Å²) >= 11 is 0. The third-order valence-electron chi connectivity index (χ3n) is 4.62. The third-order valence-corrected chi connectivity index (χ3v) is 4.62. The Morgan fingerprint density at radius 1 is 1.14 bits per heavy atom. The molecule has 0 aliphatic carbocycles. The van der Waals surface area contributed by atoms with Gasteiger partial charge < -0.3 is 19.9 Å². The molecule has 0 atom stereocenters. The topological polar surface area (TPSA) is 94.2 Å². The summed E-state index contributed by atoms with van der Waals surface area (Å²) in [5.74, 6) is 2.47. The normalized spacial score (nSPS) is 11.4. The monoisotopic (exact) mass is 504 g/mol. The van der Waals surface area contributed by atoms with Crippen LogP contribution in [0.1, 0.15) is 42.4 Å². The first kappa shape index (κ1) is 24.3. The van der Waals surface area contributed by atoms with E-state index >= 15 is 0 Å². The zero-order valence-electron chi connectivity index (χ0n) is 17.7. The molecule has 0 bridgehead atoms. The molecule has 158 valence electrons. The molecule has 0 saturated heterocycles. The number of nitrogens with one attached hydrogen (secondary N) is 2. The van der Waals surface area contributed by atoms with Crippen LogP contribution in [0.15, 0.2) is 4.99 Å². The molecule has 0 aliphatic rings. The summed E-state index contributed by atoms with van der Waals surface area (Å²) in [4.78, 5) is 4.78. The number of aromatic nitrogens is 5. The van der Waals surface area contributed by atoms with E-state index in [0.29, 0.717) is 26.2 Å². The molecule has 2 rings (SSSR count). The fourth-order valence-corrected chi connectivity index (χ4v) is 2.94. The Kier molecular flexibility index (Phi) is 10.4. The highest BCUT2D eigenvalue weighted by molar-refractivity contribution is 14.0. The van der Waals surface area contributed by atoms with Gasteiger partial charge in [0, 0.05) is 39.0 Å². The van der Waals surface area contributed by atoms with Gasteiger partial charge in [0.25, 0.3) is 0 Å². The van der Waals surface area contributed by atoms with Gasteiger partial charge in [-0.15, -0.1) is 34.2 Å². The largest absolute Gasteiger partial charge is 0.383 e. The lowest BCUT2D eigenvalue weighted by Gasteiger charge is -2.12. The fourth-order valence-electron chi connectivity index (χ4n) is 2.94. The summed E-state index contributed by atoms with van der Waals surface area (Å²) in [6, 6.07) is 0. The zero-order chi connectivity index (χ0) is 19.8. The van der Waals surface area contributed by atoms with Gasteiger partial charge in [0.1, 0.15) is 5.82 Å². The minimum Gasteiger partial charge on any atom is -0.383 e. The maximum Gasteiger partial charge on any atom is 0.192 e. The van der Waals surface area contributed by atoms with E-state index in [-0.39, 0.29) is 24.0 Å². The second kappa shape index (κ2) is 12.0. The van der Waals surface area contributed by atoms with Crippen LogP contribution in [0.3, 0.4) is 0 Å². The van der Waals surface area contributed by atoms with E-state index in [2.05, 4.69) is 39.8 Å². The lowest BCUT2D eigenvalue weighted by atomic mass is 10.1. The number of hydrogen-bond donors (Lipinski definition) is 2. The van der Waals surface area contributed by atoms with Gasteiger partial charge in [-0.3, -0.25) is 4.68 Å². The molecule has 0 aromatic carbocycles. The van der Waals surface area contributed by atoms with Gasteiger partial charge in [-0.25, -0.2) is 4.99 Å². The molecule has 0 spiro atoms. The van der Waals surface area contributed by atoms with Crippen molar-refractivity contribution < 1.29 is 4.74 Å². The summed E-state index contributed by atoms with van der Waals surface area (Å²) < 4.78 is 9.06. The molecule has 0 aliphatic heterocycles. The van der Waals surface area contributed by atoms with E-state index < -0.39 is 0 Å². The van der Waals surface area contributed by atoms with E-state index in [1.807, 2.05) is 30.3 Å². The standard InChI is InChI=1S/C18H32N8O.HI/c1-7-15-14(16(8-2)26(5)24-15)11-20-18(19-9-10-27-6)21-12-17-23-22-13(3)25(17)4;/h7-12H2,1-6H3,(H2,19,20,21);1H. The first-order valence-electron chi connectivity index (χ1n) is 9.41. The summed E-state index contributed by atoms with van der Waals surface area (Å²) in [5.41, 5.74) is 3.55. The third kappa shape index (κ3) is 6.16. The number of halogens is 1. The molecule has 9 nitrogen and oxygen atoms in total. The number of aryl methyl sites for hydroxylation is 3. The quantitative estimate of drug-likeness (QED) is 0.233. The number of aliphatic imine (C=N–C) groups is 1. The zero-order valence-corrected chi connectivity index (χ0v) is 20.1. The van der Waals surface area contributed by atoms with Crippen molar-refractivity contribution in [1.82, 2.24) is 35.2 Å². The van der Waals surface area contributed by atoms with Crippen molar-refractivity contribution in [2.24, 2.45) is 19.1 Å². The highest BCUT2D eigenvalue weighted by atomic mass is 127. The summed E-state index contributed by atoms with van der Waals surface area (Å²) in [6.07, 6.45) is 1.84. The van der Waals surface area contributed by atoms with Crippen LogP contribution in [0.5, 0.6) is 0 Å². The molecule has 10 heteroatoms. The van der Waals surface area contributed by atoms with Crippen LogP contribution in [-0.2, 0) is 44.8 Å². The lowest BCUT2D eigenvalue weighted by Crippen LogP contribution is -2.39. The second-order valence-electron chi connectivity index (χ2n) is 6.36. The van der Waals surface area contributed by atoms with Crippen LogP contribution in [0, 0.1) is 6.92 Å². The van der Waals surface area contributed by atoms with Crippen LogP contribution in [0.4, 0.5) is 0 Å². The number of rotatable bonds is 9. The average Bonchev–Trinajstić information content (AvgIpc) is 3.15. The molecule has 2 heterocycles. The Labute approximate surface area is 184 Å². The first-order valence-corrected chi connectivity index (χ1v) is 9.41. The smallest absolute Gasteiger partial charge is 0.192 e. The lowest BCUT2D eigenvalue weighted by molar-refractivity contribution is 0.203. The van der Waals surface area contributed by atoms with Crippen LogP contribution < -0.4 is 10.6 Å². The van der Waals surface area contributed by atoms with Crippen molar-refractivity contribution >= 4 is 29.9 Å². The minimum absolute atomic E-state index is 0. The molecular formula is C18H33IN8O. The molecule has 2 aromatic rings. The Balaban J connectivity index is 0.00000392.